The van der Waals surface area contributed by atoms with Crippen LogP contribution in [-0.2, 0) is 9.59 Å². The van der Waals surface area contributed by atoms with Crippen molar-refractivity contribution in [3.05, 3.63) is 58.1 Å². The largest absolute Gasteiger partial charge is 0.493 e. The van der Waals surface area contributed by atoms with E-state index in [1.54, 1.807) is 23.5 Å². The van der Waals surface area contributed by atoms with Crippen molar-refractivity contribution in [2.75, 3.05) is 19.0 Å². The molecule has 31 heavy (non-hydrogen) atoms. The second-order valence-electron chi connectivity index (χ2n) is 6.23. The summed E-state index contributed by atoms with van der Waals surface area (Å²) in [6.07, 6.45) is 1.19. The van der Waals surface area contributed by atoms with E-state index in [9.17, 15) is 14.4 Å². The van der Waals surface area contributed by atoms with Crippen molar-refractivity contribution >= 4 is 41.2 Å². The van der Waals surface area contributed by atoms with Crippen LogP contribution in [-0.4, -0.2) is 31.6 Å². The lowest BCUT2D eigenvalue weighted by atomic mass is 10.1. The number of urea groups is 1. The lowest BCUT2D eigenvalue weighted by molar-refractivity contribution is -0.118. The molecular weight excluding hydrogens is 424 g/mol. The molecule has 0 spiro atoms. The minimum absolute atomic E-state index is 0.0846. The molecule has 2 aromatic rings. The number of rotatable bonds is 7. The van der Waals surface area contributed by atoms with Gasteiger partial charge in [0.1, 0.15) is 11.6 Å². The number of nitrogens with two attached hydrogens (primary N) is 1. The average molecular weight is 443 g/mol. The lowest BCUT2D eigenvalue weighted by Crippen LogP contribution is -2.35. The summed E-state index contributed by atoms with van der Waals surface area (Å²) in [4.78, 5) is 34.8. The Morgan fingerprint density at radius 3 is 2.48 bits per heavy atom. The van der Waals surface area contributed by atoms with E-state index >= 15 is 0 Å². The van der Waals surface area contributed by atoms with Crippen molar-refractivity contribution in [1.29, 1.82) is 5.26 Å². The number of ether oxygens (including phenoxy) is 2. The number of aryl methyl sites for hydroxylation is 1. The molecule has 0 heterocycles. The van der Waals surface area contributed by atoms with Gasteiger partial charge in [-0.05, 0) is 42.8 Å². The zero-order valence-corrected chi connectivity index (χ0v) is 17.4. The fourth-order valence-electron chi connectivity index (χ4n) is 2.43. The molecule has 0 saturated carbocycles. The van der Waals surface area contributed by atoms with E-state index in [2.05, 4.69) is 5.32 Å². The Morgan fingerprint density at radius 1 is 1.23 bits per heavy atom. The molecule has 9 nitrogen and oxygen atoms in total. The van der Waals surface area contributed by atoms with Crippen molar-refractivity contribution in [3.63, 3.8) is 0 Å². The van der Waals surface area contributed by atoms with Crippen LogP contribution in [0.3, 0.4) is 0 Å². The number of amides is 4. The maximum Gasteiger partial charge on any atom is 0.319 e. The number of anilines is 1. The van der Waals surface area contributed by atoms with Crippen LogP contribution in [0, 0.1) is 18.3 Å². The molecule has 4 amide bonds. The highest BCUT2D eigenvalue weighted by Gasteiger charge is 2.16. The van der Waals surface area contributed by atoms with E-state index in [0.717, 1.165) is 5.56 Å². The van der Waals surface area contributed by atoms with E-state index in [1.807, 2.05) is 19.1 Å². The molecule has 0 bridgehead atoms. The molecule has 0 aliphatic rings. The van der Waals surface area contributed by atoms with Gasteiger partial charge in [-0.15, -0.1) is 0 Å². The Morgan fingerprint density at radius 2 is 1.90 bits per heavy atom. The maximum atomic E-state index is 12.1. The Labute approximate surface area is 183 Å². The van der Waals surface area contributed by atoms with Crippen LogP contribution < -0.4 is 25.8 Å². The number of hydrogen-bond donors (Lipinski definition) is 3. The topological polar surface area (TPSA) is 144 Å². The molecule has 0 unspecified atom stereocenters. The van der Waals surface area contributed by atoms with Crippen LogP contribution in [0.5, 0.6) is 11.5 Å². The number of imide groups is 1. The Balaban J connectivity index is 2.16. The number of primary amides is 1. The standard InChI is InChI=1S/C21H19ClN4O5/c1-12-3-5-15(6-4-12)25-18(27)11-31-19-16(22)8-13(9-17(19)30-2)7-14(10-23)20(28)26-21(24)29/h3-9H,11H2,1-2H3,(H,25,27)(H3,24,26,28,29)/b14-7-. The lowest BCUT2D eigenvalue weighted by Gasteiger charge is -2.13. The third-order valence-corrected chi connectivity index (χ3v) is 4.13. The highest BCUT2D eigenvalue weighted by Crippen LogP contribution is 2.37. The van der Waals surface area contributed by atoms with Gasteiger partial charge in [-0.2, -0.15) is 5.26 Å². The zero-order chi connectivity index (χ0) is 23.0. The van der Waals surface area contributed by atoms with Gasteiger partial charge in [0.25, 0.3) is 11.8 Å². The van der Waals surface area contributed by atoms with E-state index in [1.165, 1.54) is 25.3 Å². The highest BCUT2D eigenvalue weighted by molar-refractivity contribution is 6.32. The molecule has 0 radical (unpaired) electrons. The van der Waals surface area contributed by atoms with E-state index in [0.29, 0.717) is 11.3 Å². The summed E-state index contributed by atoms with van der Waals surface area (Å²) in [5, 5.41) is 13.7. The molecule has 10 heteroatoms. The second-order valence-corrected chi connectivity index (χ2v) is 6.63. The van der Waals surface area contributed by atoms with Crippen molar-refractivity contribution in [2.45, 2.75) is 6.92 Å². The van der Waals surface area contributed by atoms with Crippen molar-refractivity contribution in [1.82, 2.24) is 5.32 Å². The van der Waals surface area contributed by atoms with Gasteiger partial charge >= 0.3 is 6.03 Å². The molecule has 0 saturated heterocycles. The molecule has 0 fully saturated rings. The first-order valence-corrected chi connectivity index (χ1v) is 9.20. The molecule has 0 atom stereocenters. The predicted octanol–water partition coefficient (Wildman–Crippen LogP) is 2.78. The van der Waals surface area contributed by atoms with E-state index < -0.39 is 17.8 Å². The number of nitrogens with one attached hydrogen (secondary N) is 2. The van der Waals surface area contributed by atoms with Gasteiger partial charge in [-0.3, -0.25) is 14.9 Å². The summed E-state index contributed by atoms with van der Waals surface area (Å²) in [6.45, 7) is 1.61. The number of methoxy groups -OCH3 is 1. The van der Waals surface area contributed by atoms with Gasteiger partial charge in [-0.1, -0.05) is 29.3 Å². The highest BCUT2D eigenvalue weighted by atomic mass is 35.5. The Kier molecular flexibility index (Phi) is 8.00. The van der Waals surface area contributed by atoms with Crippen molar-refractivity contribution in [3.8, 4) is 17.6 Å². The SMILES string of the molecule is COc1cc(/C=C(/C#N)C(=O)NC(N)=O)cc(Cl)c1OCC(=O)Nc1ccc(C)cc1. The van der Waals surface area contributed by atoms with Crippen molar-refractivity contribution in [2.24, 2.45) is 5.73 Å². The van der Waals surface area contributed by atoms with Gasteiger partial charge in [0.15, 0.2) is 18.1 Å². The Bertz CT molecular complexity index is 1070. The van der Waals surface area contributed by atoms with Gasteiger partial charge in [0.2, 0.25) is 0 Å². The number of carbonyl (C=O) groups excluding carboxylic acids is 3. The summed E-state index contributed by atoms with van der Waals surface area (Å²) in [5.74, 6) is -1.08. The summed E-state index contributed by atoms with van der Waals surface area (Å²) in [6, 6.07) is 10.7. The van der Waals surface area contributed by atoms with E-state index in [4.69, 9.17) is 32.1 Å². The molecule has 4 N–H and O–H groups in total. The molecule has 2 aromatic carbocycles. The quantitative estimate of drug-likeness (QED) is 0.444. The summed E-state index contributed by atoms with van der Waals surface area (Å²) in [7, 11) is 1.36. The maximum absolute atomic E-state index is 12.1. The minimum Gasteiger partial charge on any atom is -0.493 e. The normalized spacial score (nSPS) is 10.6. The number of halogens is 1. The second kappa shape index (κ2) is 10.7. The number of carbonyl (C=O) groups is 3. The summed E-state index contributed by atoms with van der Waals surface area (Å²) >= 11 is 6.24. The fraction of sp³-hybridized carbons (Fsp3) is 0.143. The van der Waals surface area contributed by atoms with Crippen LogP contribution >= 0.6 is 11.6 Å². The molecular formula is C21H19ClN4O5. The third kappa shape index (κ3) is 6.76. The van der Waals surface area contributed by atoms with Gasteiger partial charge in [0.05, 0.1) is 12.1 Å². The molecule has 0 aliphatic carbocycles. The predicted molar refractivity (Wildman–Crippen MR) is 115 cm³/mol. The zero-order valence-electron chi connectivity index (χ0n) is 16.7. The van der Waals surface area contributed by atoms with Crippen LogP contribution in [0.4, 0.5) is 10.5 Å². The number of hydrogen-bond acceptors (Lipinski definition) is 6. The fourth-order valence-corrected chi connectivity index (χ4v) is 2.70. The van der Waals surface area contributed by atoms with E-state index in [-0.39, 0.29) is 28.7 Å². The van der Waals surface area contributed by atoms with Gasteiger partial charge < -0.3 is 20.5 Å². The molecule has 0 aromatic heterocycles. The van der Waals surface area contributed by atoms with Crippen molar-refractivity contribution < 1.29 is 23.9 Å². The first-order chi connectivity index (χ1) is 14.7. The van der Waals surface area contributed by atoms with Gasteiger partial charge in [-0.25, -0.2) is 4.79 Å². The smallest absolute Gasteiger partial charge is 0.319 e. The number of nitriles is 1. The molecule has 160 valence electrons. The molecule has 2 rings (SSSR count). The monoisotopic (exact) mass is 442 g/mol. The number of benzene rings is 2. The first-order valence-electron chi connectivity index (χ1n) is 8.83. The van der Waals surface area contributed by atoms with Crippen LogP contribution in [0.25, 0.3) is 6.08 Å². The summed E-state index contributed by atoms with van der Waals surface area (Å²) in [5.41, 5.74) is 6.52. The van der Waals surface area contributed by atoms with Gasteiger partial charge in [0, 0.05) is 5.69 Å². The first kappa shape index (κ1) is 23.3. The third-order valence-electron chi connectivity index (χ3n) is 3.85. The summed E-state index contributed by atoms with van der Waals surface area (Å²) < 4.78 is 10.8. The molecule has 0 aliphatic heterocycles. The minimum atomic E-state index is -1.09. The van der Waals surface area contributed by atoms with Crippen LogP contribution in [0.2, 0.25) is 5.02 Å². The Hall–Kier alpha value is -4.03. The van der Waals surface area contributed by atoms with Crippen LogP contribution in [0.15, 0.2) is 42.0 Å². The average Bonchev–Trinajstić information content (AvgIpc) is 2.71. The number of nitrogens with zero attached hydrogens (tertiary/aromatic N) is 1. The van der Waals surface area contributed by atoms with Crippen LogP contribution in [0.1, 0.15) is 11.1 Å².